The number of anilines is 1. The lowest BCUT2D eigenvalue weighted by Gasteiger charge is -2.39. The second-order valence-corrected chi connectivity index (χ2v) is 7.16. The van der Waals surface area contributed by atoms with Crippen LogP contribution in [0.4, 0.5) is 5.69 Å². The maximum Gasteiger partial charge on any atom is 0.239 e. The van der Waals surface area contributed by atoms with E-state index >= 15 is 0 Å². The van der Waals surface area contributed by atoms with Gasteiger partial charge in [0, 0.05) is 50.1 Å². The van der Waals surface area contributed by atoms with E-state index in [2.05, 4.69) is 11.8 Å². The molecule has 0 bridgehead atoms. The average Bonchev–Trinajstić information content (AvgIpc) is 2.63. The molecule has 2 N–H and O–H groups in total. The van der Waals surface area contributed by atoms with Gasteiger partial charge in [0.25, 0.3) is 0 Å². The molecule has 1 unspecified atom stereocenters. The third kappa shape index (κ3) is 3.85. The molecular weight excluding hydrogens is 326 g/mol. The first kappa shape index (κ1) is 17.5. The van der Waals surface area contributed by atoms with E-state index in [1.165, 1.54) is 5.56 Å². The molecular formula is C18H26ClN3O2. The lowest BCUT2D eigenvalue weighted by atomic mass is 9.91. The summed E-state index contributed by atoms with van der Waals surface area (Å²) in [5.41, 5.74) is 8.60. The van der Waals surface area contributed by atoms with Crippen LogP contribution in [0.2, 0.25) is 5.02 Å². The quantitative estimate of drug-likeness (QED) is 0.905. The number of nitrogens with zero attached hydrogens (tertiary/aromatic N) is 2. The molecule has 2 heterocycles. The molecule has 132 valence electrons. The van der Waals surface area contributed by atoms with Crippen LogP contribution in [-0.4, -0.2) is 56.2 Å². The van der Waals surface area contributed by atoms with Gasteiger partial charge in [-0.15, -0.1) is 0 Å². The van der Waals surface area contributed by atoms with E-state index in [1.807, 2.05) is 23.1 Å². The van der Waals surface area contributed by atoms with E-state index in [0.717, 1.165) is 36.6 Å². The predicted molar refractivity (Wildman–Crippen MR) is 96.5 cm³/mol. The average molecular weight is 352 g/mol. The first-order chi connectivity index (χ1) is 11.6. The van der Waals surface area contributed by atoms with Gasteiger partial charge in [-0.2, -0.15) is 0 Å². The summed E-state index contributed by atoms with van der Waals surface area (Å²) in [4.78, 5) is 16.9. The monoisotopic (exact) mass is 351 g/mol. The topological polar surface area (TPSA) is 58.8 Å². The molecule has 1 atom stereocenters. The summed E-state index contributed by atoms with van der Waals surface area (Å²) < 4.78 is 5.36. The molecule has 1 amide bonds. The molecule has 0 radical (unpaired) electrons. The van der Waals surface area contributed by atoms with E-state index in [1.54, 1.807) is 0 Å². The van der Waals surface area contributed by atoms with Crippen LogP contribution in [-0.2, 0) is 9.53 Å². The van der Waals surface area contributed by atoms with Crippen molar-refractivity contribution in [1.82, 2.24) is 4.90 Å². The number of carbonyl (C=O) groups excluding carboxylic acids is 1. The number of hydrogen-bond acceptors (Lipinski definition) is 4. The number of halogens is 1. The Kier molecular flexibility index (Phi) is 5.64. The Morgan fingerprint density at radius 3 is 2.58 bits per heavy atom. The van der Waals surface area contributed by atoms with Gasteiger partial charge in [-0.1, -0.05) is 17.7 Å². The van der Waals surface area contributed by atoms with Crippen molar-refractivity contribution in [2.24, 2.45) is 11.7 Å². The van der Waals surface area contributed by atoms with Crippen molar-refractivity contribution < 1.29 is 9.53 Å². The van der Waals surface area contributed by atoms with E-state index in [4.69, 9.17) is 22.1 Å². The normalized spacial score (nSPS) is 21.0. The van der Waals surface area contributed by atoms with Crippen LogP contribution in [0.1, 0.15) is 18.4 Å². The Balaban J connectivity index is 1.58. The zero-order valence-corrected chi connectivity index (χ0v) is 15.0. The minimum Gasteiger partial charge on any atom is -0.381 e. The van der Waals surface area contributed by atoms with Crippen molar-refractivity contribution in [2.75, 3.05) is 44.3 Å². The Morgan fingerprint density at radius 1 is 1.25 bits per heavy atom. The highest BCUT2D eigenvalue weighted by Gasteiger charge is 2.31. The minimum atomic E-state index is -0.395. The second-order valence-electron chi connectivity index (χ2n) is 6.72. The van der Waals surface area contributed by atoms with Crippen molar-refractivity contribution in [2.45, 2.75) is 25.8 Å². The number of rotatable bonds is 3. The molecule has 2 fully saturated rings. The zero-order chi connectivity index (χ0) is 17.1. The third-order valence-electron chi connectivity index (χ3n) is 5.16. The molecule has 1 aromatic carbocycles. The fourth-order valence-electron chi connectivity index (χ4n) is 3.58. The summed E-state index contributed by atoms with van der Waals surface area (Å²) in [6, 6.07) is 5.55. The highest BCUT2D eigenvalue weighted by molar-refractivity contribution is 6.30. The van der Waals surface area contributed by atoms with Crippen LogP contribution in [0.25, 0.3) is 0 Å². The molecule has 0 aromatic heterocycles. The molecule has 0 aliphatic carbocycles. The molecule has 1 aromatic rings. The molecule has 5 nitrogen and oxygen atoms in total. The molecule has 6 heteroatoms. The largest absolute Gasteiger partial charge is 0.381 e. The molecule has 0 spiro atoms. The van der Waals surface area contributed by atoms with Crippen LogP contribution in [0, 0.1) is 12.8 Å². The number of benzene rings is 1. The van der Waals surface area contributed by atoms with Gasteiger partial charge in [0.2, 0.25) is 5.91 Å². The summed E-state index contributed by atoms with van der Waals surface area (Å²) in [6.07, 6.45) is 1.77. The Morgan fingerprint density at radius 2 is 1.92 bits per heavy atom. The molecule has 2 aliphatic heterocycles. The van der Waals surface area contributed by atoms with Gasteiger partial charge >= 0.3 is 0 Å². The molecule has 3 rings (SSSR count). The van der Waals surface area contributed by atoms with Crippen LogP contribution >= 0.6 is 11.6 Å². The number of nitrogens with two attached hydrogens (primary N) is 1. The van der Waals surface area contributed by atoms with Crippen LogP contribution in [0.15, 0.2) is 18.2 Å². The van der Waals surface area contributed by atoms with Crippen molar-refractivity contribution >= 4 is 23.2 Å². The predicted octanol–water partition coefficient (Wildman–Crippen LogP) is 2.05. The fraction of sp³-hybridized carbons (Fsp3) is 0.611. The van der Waals surface area contributed by atoms with Gasteiger partial charge in [-0.25, -0.2) is 0 Å². The standard InChI is InChI=1S/C18H26ClN3O2/c1-13-2-3-15(19)12-16(13)21-6-8-22(9-7-21)18(23)17(20)14-4-10-24-11-5-14/h2-3,12,14,17H,4-11,20H2,1H3. The zero-order valence-electron chi connectivity index (χ0n) is 14.2. The number of amides is 1. The molecule has 24 heavy (non-hydrogen) atoms. The van der Waals surface area contributed by atoms with Crippen LogP contribution in [0.3, 0.4) is 0 Å². The van der Waals surface area contributed by atoms with Crippen molar-refractivity contribution in [3.63, 3.8) is 0 Å². The highest BCUT2D eigenvalue weighted by atomic mass is 35.5. The SMILES string of the molecule is Cc1ccc(Cl)cc1N1CCN(C(=O)C(N)C2CCOCC2)CC1. The van der Waals surface area contributed by atoms with E-state index < -0.39 is 6.04 Å². The maximum absolute atomic E-state index is 12.7. The van der Waals surface area contributed by atoms with Crippen LogP contribution < -0.4 is 10.6 Å². The summed E-state index contributed by atoms with van der Waals surface area (Å²) in [5.74, 6) is 0.337. The third-order valence-corrected chi connectivity index (χ3v) is 5.40. The number of carbonyl (C=O) groups is 1. The Labute approximate surface area is 148 Å². The number of piperazine rings is 1. The van der Waals surface area contributed by atoms with Crippen molar-refractivity contribution in [3.8, 4) is 0 Å². The van der Waals surface area contributed by atoms with Gasteiger partial charge in [0.05, 0.1) is 6.04 Å². The van der Waals surface area contributed by atoms with E-state index in [0.29, 0.717) is 26.3 Å². The van der Waals surface area contributed by atoms with Crippen molar-refractivity contribution in [3.05, 3.63) is 28.8 Å². The summed E-state index contributed by atoms with van der Waals surface area (Å²) >= 11 is 6.12. The first-order valence-corrected chi connectivity index (χ1v) is 9.07. The smallest absolute Gasteiger partial charge is 0.239 e. The van der Waals surface area contributed by atoms with Gasteiger partial charge in [0.1, 0.15) is 0 Å². The van der Waals surface area contributed by atoms with Gasteiger partial charge in [-0.05, 0) is 43.4 Å². The molecule has 2 saturated heterocycles. The molecule has 2 aliphatic rings. The minimum absolute atomic E-state index is 0.0874. The highest BCUT2D eigenvalue weighted by Crippen LogP contribution is 2.26. The summed E-state index contributed by atoms with van der Waals surface area (Å²) in [6.45, 7) is 6.56. The van der Waals surface area contributed by atoms with E-state index in [-0.39, 0.29) is 11.8 Å². The summed E-state index contributed by atoms with van der Waals surface area (Å²) in [7, 11) is 0. The fourth-order valence-corrected chi connectivity index (χ4v) is 3.74. The van der Waals surface area contributed by atoms with E-state index in [9.17, 15) is 4.79 Å². The van der Waals surface area contributed by atoms with Gasteiger partial charge < -0.3 is 20.3 Å². The number of hydrogen-bond donors (Lipinski definition) is 1. The second kappa shape index (κ2) is 7.72. The van der Waals surface area contributed by atoms with Crippen molar-refractivity contribution in [1.29, 1.82) is 0 Å². The first-order valence-electron chi connectivity index (χ1n) is 8.69. The van der Waals surface area contributed by atoms with Gasteiger partial charge in [0.15, 0.2) is 0 Å². The number of ether oxygens (including phenoxy) is 1. The van der Waals surface area contributed by atoms with Gasteiger partial charge in [-0.3, -0.25) is 4.79 Å². The Hall–Kier alpha value is -1.30. The maximum atomic E-state index is 12.7. The molecule has 0 saturated carbocycles. The Bertz CT molecular complexity index is 582. The lowest BCUT2D eigenvalue weighted by Crippen LogP contribution is -2.55. The van der Waals surface area contributed by atoms with Crippen LogP contribution in [0.5, 0.6) is 0 Å². The summed E-state index contributed by atoms with van der Waals surface area (Å²) in [5, 5.41) is 0.746. The lowest BCUT2D eigenvalue weighted by molar-refractivity contribution is -0.135. The number of aryl methyl sites for hydroxylation is 1.